The number of aromatic carboxylic acids is 1. The summed E-state index contributed by atoms with van der Waals surface area (Å²) in [5, 5.41) is 11.8. The van der Waals surface area contributed by atoms with E-state index in [1.807, 2.05) is 0 Å². The van der Waals surface area contributed by atoms with Gasteiger partial charge in [-0.2, -0.15) is 0 Å². The predicted octanol–water partition coefficient (Wildman–Crippen LogP) is 2.96. The van der Waals surface area contributed by atoms with Crippen LogP contribution in [0.5, 0.6) is 5.75 Å². The highest BCUT2D eigenvalue weighted by atomic mass is 16.5. The van der Waals surface area contributed by atoms with Gasteiger partial charge in [-0.1, -0.05) is 6.92 Å². The van der Waals surface area contributed by atoms with Crippen LogP contribution in [0.3, 0.4) is 0 Å². The first-order chi connectivity index (χ1) is 12.1. The first-order valence-corrected chi connectivity index (χ1v) is 8.08. The van der Waals surface area contributed by atoms with Crippen LogP contribution in [-0.4, -0.2) is 36.3 Å². The molecule has 7 heteroatoms. The molecule has 1 saturated heterocycles. The van der Waals surface area contributed by atoms with E-state index in [4.69, 9.17) is 19.0 Å². The van der Waals surface area contributed by atoms with Crippen LogP contribution < -0.4 is 10.1 Å². The maximum Gasteiger partial charge on any atom is 0.339 e. The van der Waals surface area contributed by atoms with E-state index in [9.17, 15) is 9.59 Å². The minimum Gasteiger partial charge on any atom is -0.488 e. The van der Waals surface area contributed by atoms with E-state index < -0.39 is 11.9 Å². The first-order valence-electron chi connectivity index (χ1n) is 8.08. The summed E-state index contributed by atoms with van der Waals surface area (Å²) in [4.78, 5) is 23.4. The molecule has 7 nitrogen and oxygen atoms in total. The molecule has 0 spiro atoms. The lowest BCUT2D eigenvalue weighted by molar-refractivity contribution is 0.0694. The molecule has 0 aliphatic carbocycles. The van der Waals surface area contributed by atoms with Crippen molar-refractivity contribution in [2.24, 2.45) is 0 Å². The molecule has 1 amide bonds. The van der Waals surface area contributed by atoms with Gasteiger partial charge in [-0.25, -0.2) is 4.79 Å². The summed E-state index contributed by atoms with van der Waals surface area (Å²) in [6, 6.07) is 8.19. The van der Waals surface area contributed by atoms with Gasteiger partial charge in [0.05, 0.1) is 13.2 Å². The van der Waals surface area contributed by atoms with E-state index >= 15 is 0 Å². The van der Waals surface area contributed by atoms with Crippen LogP contribution >= 0.6 is 0 Å². The molecule has 25 heavy (non-hydrogen) atoms. The minimum atomic E-state index is -1.11. The molecule has 2 N–H and O–H groups in total. The number of hydrogen-bond donors (Lipinski definition) is 2. The van der Waals surface area contributed by atoms with Crippen molar-refractivity contribution >= 4 is 17.6 Å². The molecule has 1 aliphatic rings. The van der Waals surface area contributed by atoms with Gasteiger partial charge in [-0.15, -0.1) is 0 Å². The number of carboxylic acid groups (broad SMARTS) is 1. The van der Waals surface area contributed by atoms with Crippen LogP contribution in [0.2, 0.25) is 0 Å². The van der Waals surface area contributed by atoms with E-state index in [-0.39, 0.29) is 23.2 Å². The Labute approximate surface area is 144 Å². The Bertz CT molecular complexity index is 758. The topological polar surface area (TPSA) is 98.0 Å². The van der Waals surface area contributed by atoms with Gasteiger partial charge in [0.1, 0.15) is 23.2 Å². The van der Waals surface area contributed by atoms with Gasteiger partial charge < -0.3 is 24.3 Å². The third kappa shape index (κ3) is 4.00. The standard InChI is InChI=1S/C18H19NO6/c1-2-15-14(18(21)22)9-16(25-15)17(20)19-11-3-5-12(6-4-11)24-13-7-8-23-10-13/h3-6,9,13H,2,7-8,10H2,1H3,(H,19,20)(H,21,22). The summed E-state index contributed by atoms with van der Waals surface area (Å²) in [6.07, 6.45) is 1.32. The second-order valence-corrected chi connectivity index (χ2v) is 5.69. The highest BCUT2D eigenvalue weighted by molar-refractivity contribution is 6.04. The number of ether oxygens (including phenoxy) is 2. The Hall–Kier alpha value is -2.80. The molecule has 2 heterocycles. The maximum atomic E-state index is 12.2. The molecule has 1 aromatic carbocycles. The van der Waals surface area contributed by atoms with Gasteiger partial charge in [0.25, 0.3) is 5.91 Å². The fourth-order valence-electron chi connectivity index (χ4n) is 2.59. The molecule has 0 bridgehead atoms. The smallest absolute Gasteiger partial charge is 0.339 e. The Balaban J connectivity index is 1.65. The van der Waals surface area contributed by atoms with E-state index in [0.29, 0.717) is 31.1 Å². The number of rotatable bonds is 6. The van der Waals surface area contributed by atoms with Crippen LogP contribution in [0.15, 0.2) is 34.7 Å². The summed E-state index contributed by atoms with van der Waals surface area (Å²) in [5.41, 5.74) is 0.571. The fraction of sp³-hybridized carbons (Fsp3) is 0.333. The van der Waals surface area contributed by atoms with E-state index in [0.717, 1.165) is 6.42 Å². The zero-order chi connectivity index (χ0) is 17.8. The van der Waals surface area contributed by atoms with Crippen molar-refractivity contribution < 1.29 is 28.6 Å². The second kappa shape index (κ2) is 7.40. The average molecular weight is 345 g/mol. The molecule has 1 unspecified atom stereocenters. The third-order valence-electron chi connectivity index (χ3n) is 3.89. The van der Waals surface area contributed by atoms with E-state index in [1.165, 1.54) is 6.07 Å². The Morgan fingerprint density at radius 1 is 1.32 bits per heavy atom. The monoisotopic (exact) mass is 345 g/mol. The quantitative estimate of drug-likeness (QED) is 0.835. The van der Waals surface area contributed by atoms with E-state index in [1.54, 1.807) is 31.2 Å². The lowest BCUT2D eigenvalue weighted by Crippen LogP contribution is -2.15. The number of furan rings is 1. The number of anilines is 1. The molecule has 2 aromatic rings. The van der Waals surface area contributed by atoms with Crippen LogP contribution in [0, 0.1) is 0 Å². The lowest BCUT2D eigenvalue weighted by atomic mass is 10.2. The predicted molar refractivity (Wildman–Crippen MR) is 89.3 cm³/mol. The maximum absolute atomic E-state index is 12.2. The summed E-state index contributed by atoms with van der Waals surface area (Å²) in [6.45, 7) is 3.06. The fourth-order valence-corrected chi connectivity index (χ4v) is 2.59. The Morgan fingerprint density at radius 2 is 2.08 bits per heavy atom. The van der Waals surface area contributed by atoms with Crippen molar-refractivity contribution in [1.29, 1.82) is 0 Å². The molecule has 1 aliphatic heterocycles. The summed E-state index contributed by atoms with van der Waals surface area (Å²) < 4.78 is 16.4. The molecular weight excluding hydrogens is 326 g/mol. The number of carboxylic acids is 1. The highest BCUT2D eigenvalue weighted by Crippen LogP contribution is 2.21. The molecule has 3 rings (SSSR count). The van der Waals surface area contributed by atoms with Gasteiger partial charge in [-0.05, 0) is 24.3 Å². The van der Waals surface area contributed by atoms with Crippen molar-refractivity contribution in [3.8, 4) is 5.75 Å². The lowest BCUT2D eigenvalue weighted by Gasteiger charge is -2.12. The molecule has 1 aromatic heterocycles. The first kappa shape index (κ1) is 17.0. The van der Waals surface area contributed by atoms with Crippen molar-refractivity contribution in [1.82, 2.24) is 0 Å². The van der Waals surface area contributed by atoms with Crippen molar-refractivity contribution in [3.05, 3.63) is 47.4 Å². The number of benzene rings is 1. The van der Waals surface area contributed by atoms with Crippen LogP contribution in [0.4, 0.5) is 5.69 Å². The molecule has 1 atom stereocenters. The molecule has 0 radical (unpaired) electrons. The highest BCUT2D eigenvalue weighted by Gasteiger charge is 2.20. The largest absolute Gasteiger partial charge is 0.488 e. The summed E-state index contributed by atoms with van der Waals surface area (Å²) in [5.74, 6) is -0.664. The number of hydrogen-bond acceptors (Lipinski definition) is 5. The molecular formula is C18H19NO6. The molecule has 0 saturated carbocycles. The average Bonchev–Trinajstić information content (AvgIpc) is 3.25. The number of carbonyl (C=O) groups is 2. The van der Waals surface area contributed by atoms with E-state index in [2.05, 4.69) is 5.32 Å². The van der Waals surface area contributed by atoms with Gasteiger partial charge in [0.2, 0.25) is 0 Å². The normalized spacial score (nSPS) is 16.6. The van der Waals surface area contributed by atoms with Crippen molar-refractivity contribution in [2.75, 3.05) is 18.5 Å². The minimum absolute atomic E-state index is 0.00943. The number of carbonyl (C=O) groups excluding carboxylic acids is 1. The van der Waals surface area contributed by atoms with Gasteiger partial charge >= 0.3 is 5.97 Å². The van der Waals surface area contributed by atoms with Crippen LogP contribution in [0.1, 0.15) is 40.0 Å². The SMILES string of the molecule is CCc1oc(C(=O)Nc2ccc(OC3CCOC3)cc2)cc1C(=O)O. The zero-order valence-corrected chi connectivity index (χ0v) is 13.8. The number of amides is 1. The Morgan fingerprint density at radius 3 is 2.64 bits per heavy atom. The van der Waals surface area contributed by atoms with Crippen molar-refractivity contribution in [2.45, 2.75) is 25.9 Å². The summed E-state index contributed by atoms with van der Waals surface area (Å²) >= 11 is 0. The van der Waals surface area contributed by atoms with Gasteiger partial charge in [-0.3, -0.25) is 4.79 Å². The number of nitrogens with one attached hydrogen (secondary N) is 1. The zero-order valence-electron chi connectivity index (χ0n) is 13.8. The van der Waals surface area contributed by atoms with Crippen LogP contribution in [-0.2, 0) is 11.2 Å². The van der Waals surface area contributed by atoms with Gasteiger partial charge in [0.15, 0.2) is 5.76 Å². The molecule has 1 fully saturated rings. The number of aryl methyl sites for hydroxylation is 1. The summed E-state index contributed by atoms with van der Waals surface area (Å²) in [7, 11) is 0. The second-order valence-electron chi connectivity index (χ2n) is 5.69. The Kier molecular flexibility index (Phi) is 5.04. The molecule has 132 valence electrons. The van der Waals surface area contributed by atoms with Crippen LogP contribution in [0.25, 0.3) is 0 Å². The van der Waals surface area contributed by atoms with Crippen molar-refractivity contribution in [3.63, 3.8) is 0 Å². The third-order valence-corrected chi connectivity index (χ3v) is 3.89. The van der Waals surface area contributed by atoms with Gasteiger partial charge in [0, 0.05) is 24.6 Å².